The van der Waals surface area contributed by atoms with Crippen molar-refractivity contribution < 1.29 is 4.74 Å². The van der Waals surface area contributed by atoms with Crippen molar-refractivity contribution in [2.45, 2.75) is 13.3 Å². The molecule has 0 fully saturated rings. The number of hydrogen-bond donors (Lipinski definition) is 1. The fourth-order valence-corrected chi connectivity index (χ4v) is 1.55. The minimum Gasteiger partial charge on any atom is -0.494 e. The van der Waals surface area contributed by atoms with Crippen LogP contribution in [0.25, 0.3) is 10.9 Å². The van der Waals surface area contributed by atoms with Crippen LogP contribution in [0.5, 0.6) is 5.75 Å². The fraction of sp³-hybridized carbons (Fsp3) is 0.308. The number of hydrogen-bond acceptors (Lipinski definition) is 3. The molecule has 0 saturated heterocycles. The first-order chi connectivity index (χ1) is 7.83. The number of pyridine rings is 1. The first kappa shape index (κ1) is 10.7. The maximum atomic E-state index is 5.58. The number of fused-ring (bicyclic) bond motifs is 1. The van der Waals surface area contributed by atoms with Gasteiger partial charge in [0.05, 0.1) is 12.1 Å². The number of aromatic nitrogens is 1. The van der Waals surface area contributed by atoms with Crippen LogP contribution < -0.4 is 10.1 Å². The minimum atomic E-state index is 0.757. The van der Waals surface area contributed by atoms with Crippen molar-refractivity contribution in [3.63, 3.8) is 0 Å². The molecule has 0 unspecified atom stereocenters. The molecule has 2 rings (SSSR count). The van der Waals surface area contributed by atoms with E-state index in [-0.39, 0.29) is 0 Å². The molecule has 1 N–H and O–H groups in total. The Morgan fingerprint density at radius 3 is 2.88 bits per heavy atom. The Morgan fingerprint density at radius 2 is 2.12 bits per heavy atom. The highest BCUT2D eigenvalue weighted by Gasteiger charge is 1.99. The second kappa shape index (κ2) is 4.84. The van der Waals surface area contributed by atoms with Gasteiger partial charge in [0.25, 0.3) is 0 Å². The van der Waals surface area contributed by atoms with Gasteiger partial charge in [-0.1, -0.05) is 6.92 Å². The predicted molar refractivity (Wildman–Crippen MR) is 67.1 cm³/mol. The summed E-state index contributed by atoms with van der Waals surface area (Å²) in [7, 11) is 1.87. The summed E-state index contributed by atoms with van der Waals surface area (Å²) >= 11 is 0. The number of nitrogens with zero attached hydrogens (tertiary/aromatic N) is 1. The van der Waals surface area contributed by atoms with Gasteiger partial charge in [-0.25, -0.2) is 4.98 Å². The summed E-state index contributed by atoms with van der Waals surface area (Å²) in [5, 5.41) is 4.13. The third-order valence-corrected chi connectivity index (χ3v) is 2.39. The van der Waals surface area contributed by atoms with E-state index in [9.17, 15) is 0 Å². The van der Waals surface area contributed by atoms with Gasteiger partial charge in [-0.2, -0.15) is 0 Å². The molecule has 0 aliphatic heterocycles. The maximum Gasteiger partial charge on any atom is 0.126 e. The average molecular weight is 216 g/mol. The van der Waals surface area contributed by atoms with Crippen LogP contribution in [0, 0.1) is 0 Å². The van der Waals surface area contributed by atoms with E-state index in [2.05, 4.69) is 17.2 Å². The van der Waals surface area contributed by atoms with Crippen LogP contribution in [-0.4, -0.2) is 18.6 Å². The lowest BCUT2D eigenvalue weighted by Crippen LogP contribution is -1.95. The highest BCUT2D eigenvalue weighted by atomic mass is 16.5. The van der Waals surface area contributed by atoms with Crippen LogP contribution in [0.1, 0.15) is 13.3 Å². The molecule has 1 heterocycles. The monoisotopic (exact) mass is 216 g/mol. The van der Waals surface area contributed by atoms with Gasteiger partial charge in [-0.15, -0.1) is 0 Å². The van der Waals surface area contributed by atoms with E-state index in [1.54, 1.807) is 0 Å². The molecule has 84 valence electrons. The van der Waals surface area contributed by atoms with Crippen LogP contribution >= 0.6 is 0 Å². The summed E-state index contributed by atoms with van der Waals surface area (Å²) in [6, 6.07) is 9.99. The van der Waals surface area contributed by atoms with Crippen molar-refractivity contribution in [1.82, 2.24) is 4.98 Å². The Morgan fingerprint density at radius 1 is 1.25 bits per heavy atom. The number of nitrogens with one attached hydrogen (secondary N) is 1. The highest BCUT2D eigenvalue weighted by molar-refractivity contribution is 5.81. The molecule has 0 bridgehead atoms. The van der Waals surface area contributed by atoms with Crippen molar-refractivity contribution in [3.8, 4) is 5.75 Å². The Labute approximate surface area is 95.5 Å². The standard InChI is InChI=1S/C13H16N2O/c1-3-8-16-11-5-6-12-10(9-11)4-7-13(14-2)15-12/h4-7,9H,3,8H2,1-2H3,(H,14,15). The fourth-order valence-electron chi connectivity index (χ4n) is 1.55. The van der Waals surface area contributed by atoms with Crippen molar-refractivity contribution in [1.29, 1.82) is 0 Å². The molecule has 0 amide bonds. The van der Waals surface area contributed by atoms with Crippen molar-refractivity contribution in [3.05, 3.63) is 30.3 Å². The molecule has 0 radical (unpaired) electrons. The van der Waals surface area contributed by atoms with Crippen LogP contribution in [0.2, 0.25) is 0 Å². The molecular weight excluding hydrogens is 200 g/mol. The van der Waals surface area contributed by atoms with E-state index >= 15 is 0 Å². The zero-order valence-electron chi connectivity index (χ0n) is 9.66. The van der Waals surface area contributed by atoms with E-state index < -0.39 is 0 Å². The smallest absolute Gasteiger partial charge is 0.126 e. The van der Waals surface area contributed by atoms with E-state index in [0.29, 0.717) is 0 Å². The second-order valence-electron chi connectivity index (χ2n) is 3.65. The number of rotatable bonds is 4. The molecule has 1 aromatic carbocycles. The Bertz CT molecular complexity index is 482. The average Bonchev–Trinajstić information content (AvgIpc) is 2.35. The summed E-state index contributed by atoms with van der Waals surface area (Å²) in [5.41, 5.74) is 0.982. The molecule has 2 aromatic rings. The molecular formula is C13H16N2O. The van der Waals surface area contributed by atoms with E-state index in [4.69, 9.17) is 4.74 Å². The SMILES string of the molecule is CCCOc1ccc2nc(NC)ccc2c1. The predicted octanol–water partition coefficient (Wildman–Crippen LogP) is 3.07. The zero-order valence-corrected chi connectivity index (χ0v) is 9.66. The molecule has 0 aliphatic rings. The number of anilines is 1. The van der Waals surface area contributed by atoms with Gasteiger partial charge in [-0.3, -0.25) is 0 Å². The number of ether oxygens (including phenoxy) is 1. The van der Waals surface area contributed by atoms with Crippen molar-refractivity contribution >= 4 is 16.7 Å². The Hall–Kier alpha value is -1.77. The molecule has 3 nitrogen and oxygen atoms in total. The van der Waals surface area contributed by atoms with Crippen LogP contribution in [0.4, 0.5) is 5.82 Å². The third-order valence-electron chi connectivity index (χ3n) is 2.39. The Kier molecular flexibility index (Phi) is 3.25. The normalized spacial score (nSPS) is 10.4. The first-order valence-electron chi connectivity index (χ1n) is 5.55. The van der Waals surface area contributed by atoms with Gasteiger partial charge in [0.15, 0.2) is 0 Å². The molecule has 1 aromatic heterocycles. The molecule has 0 atom stereocenters. The van der Waals surface area contributed by atoms with E-state index in [1.165, 1.54) is 0 Å². The van der Waals surface area contributed by atoms with Crippen LogP contribution in [-0.2, 0) is 0 Å². The van der Waals surface area contributed by atoms with Crippen molar-refractivity contribution in [2.75, 3.05) is 19.0 Å². The van der Waals surface area contributed by atoms with E-state index in [0.717, 1.165) is 35.5 Å². The minimum absolute atomic E-state index is 0.757. The van der Waals surface area contributed by atoms with Gasteiger partial charge < -0.3 is 10.1 Å². The quantitative estimate of drug-likeness (QED) is 0.852. The van der Waals surface area contributed by atoms with E-state index in [1.807, 2.05) is 37.4 Å². The van der Waals surface area contributed by atoms with Crippen molar-refractivity contribution in [2.24, 2.45) is 0 Å². The van der Waals surface area contributed by atoms with Gasteiger partial charge in [-0.05, 0) is 36.8 Å². The lowest BCUT2D eigenvalue weighted by atomic mass is 10.2. The van der Waals surface area contributed by atoms with Gasteiger partial charge in [0, 0.05) is 12.4 Å². The highest BCUT2D eigenvalue weighted by Crippen LogP contribution is 2.21. The third kappa shape index (κ3) is 2.24. The summed E-state index contributed by atoms with van der Waals surface area (Å²) in [6.45, 7) is 2.86. The van der Waals surface area contributed by atoms with Crippen LogP contribution in [0.3, 0.4) is 0 Å². The Balaban J connectivity index is 2.32. The molecule has 0 saturated carbocycles. The lowest BCUT2D eigenvalue weighted by Gasteiger charge is -2.06. The molecule has 0 spiro atoms. The largest absolute Gasteiger partial charge is 0.494 e. The zero-order chi connectivity index (χ0) is 11.4. The molecule has 3 heteroatoms. The van der Waals surface area contributed by atoms with Gasteiger partial charge >= 0.3 is 0 Å². The first-order valence-corrected chi connectivity index (χ1v) is 5.55. The second-order valence-corrected chi connectivity index (χ2v) is 3.65. The summed E-state index contributed by atoms with van der Waals surface area (Å²) < 4.78 is 5.58. The maximum absolute atomic E-state index is 5.58. The van der Waals surface area contributed by atoms with Crippen LogP contribution in [0.15, 0.2) is 30.3 Å². The van der Waals surface area contributed by atoms with Gasteiger partial charge in [0.2, 0.25) is 0 Å². The topological polar surface area (TPSA) is 34.1 Å². The molecule has 0 aliphatic carbocycles. The summed E-state index contributed by atoms with van der Waals surface area (Å²) in [4.78, 5) is 4.45. The summed E-state index contributed by atoms with van der Waals surface area (Å²) in [6.07, 6.45) is 1.02. The van der Waals surface area contributed by atoms with Gasteiger partial charge in [0.1, 0.15) is 11.6 Å². The molecule has 16 heavy (non-hydrogen) atoms. The lowest BCUT2D eigenvalue weighted by molar-refractivity contribution is 0.318. The number of benzene rings is 1. The summed E-state index contributed by atoms with van der Waals surface area (Å²) in [5.74, 6) is 1.79.